The van der Waals surface area contributed by atoms with Gasteiger partial charge in [0.1, 0.15) is 5.82 Å². The predicted octanol–water partition coefficient (Wildman–Crippen LogP) is 1.23. The molecule has 0 aliphatic carbocycles. The Bertz CT molecular complexity index is 478. The van der Waals surface area contributed by atoms with Crippen molar-refractivity contribution in [1.29, 1.82) is 0 Å². The maximum Gasteiger partial charge on any atom is 0.256 e. The lowest BCUT2D eigenvalue weighted by Gasteiger charge is -2.13. The topological polar surface area (TPSA) is 75.4 Å². The largest absolute Gasteiger partial charge is 0.345 e. The molecule has 0 fully saturated rings. The van der Waals surface area contributed by atoms with Gasteiger partial charge in [0.2, 0.25) is 5.91 Å². The van der Waals surface area contributed by atoms with Gasteiger partial charge < -0.3 is 16.0 Å². The van der Waals surface area contributed by atoms with E-state index < -0.39 is 23.7 Å². The van der Waals surface area contributed by atoms with Gasteiger partial charge in [-0.2, -0.15) is 0 Å². The van der Waals surface area contributed by atoms with Crippen LogP contribution >= 0.6 is 12.4 Å². The first kappa shape index (κ1) is 17.3. The minimum absolute atomic E-state index is 0. The number of carbonyl (C=O) groups excluding carboxylic acids is 2. The van der Waals surface area contributed by atoms with Crippen LogP contribution in [0.4, 0.5) is 10.1 Å². The van der Waals surface area contributed by atoms with Crippen LogP contribution in [0.3, 0.4) is 0 Å². The molecule has 1 aromatic rings. The van der Waals surface area contributed by atoms with E-state index >= 15 is 0 Å². The zero-order valence-corrected chi connectivity index (χ0v) is 11.8. The number of hydrogen-bond acceptors (Lipinski definition) is 3. The fourth-order valence-corrected chi connectivity index (χ4v) is 1.26. The summed E-state index contributed by atoms with van der Waals surface area (Å²) in [4.78, 5) is 24.3. The van der Waals surface area contributed by atoms with E-state index in [1.807, 2.05) is 0 Å². The van der Waals surface area contributed by atoms with E-state index in [4.69, 9.17) is 5.73 Å². The molecule has 0 bridgehead atoms. The summed E-state index contributed by atoms with van der Waals surface area (Å²) in [7, 11) is 3.05. The maximum absolute atomic E-state index is 13.5. The maximum atomic E-state index is 13.5. The molecule has 5 nitrogen and oxygen atoms in total. The Morgan fingerprint density at radius 2 is 1.95 bits per heavy atom. The van der Waals surface area contributed by atoms with Crippen molar-refractivity contribution in [3.8, 4) is 0 Å². The van der Waals surface area contributed by atoms with Gasteiger partial charge in [0.05, 0.1) is 11.6 Å². The van der Waals surface area contributed by atoms with Gasteiger partial charge >= 0.3 is 0 Å². The number of nitrogens with one attached hydrogen (secondary N) is 1. The first-order valence-electron chi connectivity index (χ1n) is 5.40. The van der Waals surface area contributed by atoms with E-state index in [2.05, 4.69) is 5.32 Å². The van der Waals surface area contributed by atoms with E-state index in [0.29, 0.717) is 5.69 Å². The lowest BCUT2D eigenvalue weighted by molar-refractivity contribution is -0.117. The number of halogens is 2. The minimum Gasteiger partial charge on any atom is -0.345 e. The Kier molecular flexibility index (Phi) is 6.44. The fraction of sp³-hybridized carbons (Fsp3) is 0.333. The van der Waals surface area contributed by atoms with Crippen LogP contribution in [-0.4, -0.2) is 36.9 Å². The highest BCUT2D eigenvalue weighted by atomic mass is 35.5. The van der Waals surface area contributed by atoms with Gasteiger partial charge in [-0.3, -0.25) is 9.59 Å². The zero-order chi connectivity index (χ0) is 13.9. The number of nitrogens with two attached hydrogens (primary N) is 1. The molecule has 3 N–H and O–H groups in total. The van der Waals surface area contributed by atoms with Crippen LogP contribution in [0.2, 0.25) is 0 Å². The van der Waals surface area contributed by atoms with Gasteiger partial charge in [0.15, 0.2) is 0 Å². The predicted molar refractivity (Wildman–Crippen MR) is 73.9 cm³/mol. The molecule has 7 heteroatoms. The molecule has 1 atom stereocenters. The van der Waals surface area contributed by atoms with Gasteiger partial charge in [-0.1, -0.05) is 0 Å². The molecule has 0 spiro atoms. The van der Waals surface area contributed by atoms with Gasteiger partial charge in [-0.05, 0) is 25.1 Å². The summed E-state index contributed by atoms with van der Waals surface area (Å²) in [5.41, 5.74) is 5.64. The van der Waals surface area contributed by atoms with Crippen LogP contribution in [0.5, 0.6) is 0 Å². The van der Waals surface area contributed by atoms with E-state index in [1.165, 1.54) is 38.1 Å². The molecule has 1 aromatic carbocycles. The molecule has 106 valence electrons. The molecule has 0 heterocycles. The first-order chi connectivity index (χ1) is 8.32. The number of benzene rings is 1. The van der Waals surface area contributed by atoms with Crippen molar-refractivity contribution < 1.29 is 14.0 Å². The standard InChI is InChI=1S/C12H16FN3O2.ClH/c1-7(14)11(17)15-8-4-5-10(13)9(6-8)12(18)16(2)3;/h4-7H,14H2,1-3H3,(H,15,17);1H/t7-;/m0./s1. The molecule has 2 amide bonds. The van der Waals surface area contributed by atoms with Crippen molar-refractivity contribution in [2.75, 3.05) is 19.4 Å². The van der Waals surface area contributed by atoms with Gasteiger partial charge in [-0.25, -0.2) is 4.39 Å². The Hall–Kier alpha value is -1.66. The number of anilines is 1. The third kappa shape index (κ3) is 4.50. The molecule has 0 radical (unpaired) electrons. The minimum atomic E-state index is -0.678. The van der Waals surface area contributed by atoms with Crippen LogP contribution in [0, 0.1) is 5.82 Å². The molecule has 0 saturated heterocycles. The monoisotopic (exact) mass is 289 g/mol. The highest BCUT2D eigenvalue weighted by Crippen LogP contribution is 2.16. The summed E-state index contributed by atoms with van der Waals surface area (Å²) in [5.74, 6) is -1.50. The summed E-state index contributed by atoms with van der Waals surface area (Å²) in [6.45, 7) is 1.53. The Morgan fingerprint density at radius 3 is 2.42 bits per heavy atom. The first-order valence-corrected chi connectivity index (χ1v) is 5.40. The van der Waals surface area contributed by atoms with Crippen molar-refractivity contribution in [2.24, 2.45) is 5.73 Å². The highest BCUT2D eigenvalue weighted by molar-refractivity contribution is 5.98. The number of hydrogen-bond donors (Lipinski definition) is 2. The second kappa shape index (κ2) is 7.06. The number of carbonyl (C=O) groups is 2. The van der Waals surface area contributed by atoms with Gasteiger partial charge in [0, 0.05) is 19.8 Å². The third-order valence-electron chi connectivity index (χ3n) is 2.28. The second-order valence-electron chi connectivity index (χ2n) is 4.17. The zero-order valence-electron chi connectivity index (χ0n) is 10.9. The lowest BCUT2D eigenvalue weighted by atomic mass is 10.1. The molecule has 0 aromatic heterocycles. The average Bonchev–Trinajstić information content (AvgIpc) is 2.30. The van der Waals surface area contributed by atoms with Crippen LogP contribution in [0.15, 0.2) is 18.2 Å². The summed E-state index contributed by atoms with van der Waals surface area (Å²) >= 11 is 0. The molecule has 0 aliphatic heterocycles. The molecule has 0 saturated carbocycles. The summed E-state index contributed by atoms with van der Waals surface area (Å²) in [6.07, 6.45) is 0. The van der Waals surface area contributed by atoms with E-state index in [1.54, 1.807) is 0 Å². The molecule has 0 aliphatic rings. The van der Waals surface area contributed by atoms with Crippen LogP contribution < -0.4 is 11.1 Å². The third-order valence-corrected chi connectivity index (χ3v) is 2.28. The average molecular weight is 290 g/mol. The van der Waals surface area contributed by atoms with Crippen molar-refractivity contribution in [2.45, 2.75) is 13.0 Å². The van der Waals surface area contributed by atoms with E-state index in [0.717, 1.165) is 6.07 Å². The molecule has 19 heavy (non-hydrogen) atoms. The second-order valence-corrected chi connectivity index (χ2v) is 4.17. The lowest BCUT2D eigenvalue weighted by Crippen LogP contribution is -2.32. The highest BCUT2D eigenvalue weighted by Gasteiger charge is 2.15. The Morgan fingerprint density at radius 1 is 1.37 bits per heavy atom. The Balaban J connectivity index is 0.00000324. The quantitative estimate of drug-likeness (QED) is 0.879. The molecule has 1 rings (SSSR count). The van der Waals surface area contributed by atoms with Crippen LogP contribution in [0.25, 0.3) is 0 Å². The van der Waals surface area contributed by atoms with Crippen molar-refractivity contribution >= 4 is 29.9 Å². The SMILES string of the molecule is C[C@H](N)C(=O)Nc1ccc(F)c(C(=O)N(C)C)c1.Cl. The van der Waals surface area contributed by atoms with Crippen LogP contribution in [0.1, 0.15) is 17.3 Å². The van der Waals surface area contributed by atoms with E-state index in [-0.39, 0.29) is 18.0 Å². The molecular formula is C12H17ClFN3O2. The van der Waals surface area contributed by atoms with Gasteiger partial charge in [-0.15, -0.1) is 12.4 Å². The fourth-order valence-electron chi connectivity index (χ4n) is 1.26. The number of rotatable bonds is 3. The molecular weight excluding hydrogens is 273 g/mol. The smallest absolute Gasteiger partial charge is 0.256 e. The number of nitrogens with zero attached hydrogens (tertiary/aromatic N) is 1. The van der Waals surface area contributed by atoms with Crippen LogP contribution in [-0.2, 0) is 4.79 Å². The Labute approximate surface area is 117 Å². The van der Waals surface area contributed by atoms with Crippen molar-refractivity contribution in [3.05, 3.63) is 29.6 Å². The number of amides is 2. The van der Waals surface area contributed by atoms with Crippen molar-refractivity contribution in [3.63, 3.8) is 0 Å². The summed E-state index contributed by atoms with van der Waals surface area (Å²) in [5, 5.41) is 2.50. The normalized spacial score (nSPS) is 11.2. The molecule has 0 unspecified atom stereocenters. The van der Waals surface area contributed by atoms with Crippen molar-refractivity contribution in [1.82, 2.24) is 4.90 Å². The summed E-state index contributed by atoms with van der Waals surface area (Å²) in [6, 6.07) is 3.12. The van der Waals surface area contributed by atoms with E-state index in [9.17, 15) is 14.0 Å². The van der Waals surface area contributed by atoms with Gasteiger partial charge in [0.25, 0.3) is 5.91 Å². The summed E-state index contributed by atoms with van der Waals surface area (Å²) < 4.78 is 13.5.